The molecule has 8 heteroatoms. The van der Waals surface area contributed by atoms with E-state index >= 15 is 0 Å². The Morgan fingerprint density at radius 1 is 1.03 bits per heavy atom. The fraction of sp³-hybridized carbons (Fsp3) is 0.286. The molecule has 0 spiro atoms. The van der Waals surface area contributed by atoms with Gasteiger partial charge in [-0.2, -0.15) is 0 Å². The van der Waals surface area contributed by atoms with Crippen LogP contribution >= 0.6 is 0 Å². The second kappa shape index (κ2) is 7.62. The Morgan fingerprint density at radius 3 is 2.17 bits per heavy atom. The molecule has 0 aliphatic heterocycles. The molecule has 1 heterocycles. The number of carboxylic acid groups (broad SMARTS) is 1. The highest BCUT2D eigenvalue weighted by Crippen LogP contribution is 2.41. The van der Waals surface area contributed by atoms with Gasteiger partial charge < -0.3 is 9.94 Å². The van der Waals surface area contributed by atoms with Crippen molar-refractivity contribution in [3.8, 4) is 16.9 Å². The van der Waals surface area contributed by atoms with Crippen LogP contribution in [0.3, 0.4) is 0 Å². The number of hydrogen-bond donors (Lipinski definition) is 1. The van der Waals surface area contributed by atoms with E-state index in [2.05, 4.69) is 10.3 Å². The third-order valence-electron chi connectivity index (χ3n) is 5.18. The molecule has 0 atom stereocenters. The lowest BCUT2D eigenvalue weighted by molar-refractivity contribution is -0.0382. The summed E-state index contributed by atoms with van der Waals surface area (Å²) in [5.74, 6) is -3.02. The first-order chi connectivity index (χ1) is 13.9. The third-order valence-corrected chi connectivity index (χ3v) is 5.18. The molecule has 0 radical (unpaired) electrons. The third kappa shape index (κ3) is 4.42. The van der Waals surface area contributed by atoms with Gasteiger partial charge in [0.2, 0.25) is 5.92 Å². The minimum Gasteiger partial charge on any atom is -0.476 e. The van der Waals surface area contributed by atoms with Gasteiger partial charge in [-0.1, -0.05) is 41.2 Å². The van der Waals surface area contributed by atoms with E-state index in [1.165, 1.54) is 6.20 Å². The molecule has 0 saturated heterocycles. The zero-order chi connectivity index (χ0) is 20.4. The Hall–Kier alpha value is -3.29. The van der Waals surface area contributed by atoms with E-state index in [4.69, 9.17) is 9.94 Å². The molecule has 0 amide bonds. The predicted octanol–water partition coefficient (Wildman–Crippen LogP) is 4.78. The average molecular weight is 399 g/mol. The summed E-state index contributed by atoms with van der Waals surface area (Å²) in [6.45, 7) is 0. The molecule has 1 N–H and O–H groups in total. The van der Waals surface area contributed by atoms with Gasteiger partial charge in [-0.05, 0) is 52.8 Å². The van der Waals surface area contributed by atoms with Gasteiger partial charge in [-0.15, -0.1) is 5.10 Å². The summed E-state index contributed by atoms with van der Waals surface area (Å²) in [6.07, 6.45) is 2.13. The van der Waals surface area contributed by atoms with Crippen molar-refractivity contribution in [2.45, 2.75) is 37.5 Å². The van der Waals surface area contributed by atoms with E-state index in [1.807, 2.05) is 36.4 Å². The maximum absolute atomic E-state index is 13.3. The molecule has 1 aliphatic rings. The number of hydrogen-bond acceptors (Lipinski definition) is 4. The Balaban J connectivity index is 1.41. The summed E-state index contributed by atoms with van der Waals surface area (Å²) in [7, 11) is 0. The van der Waals surface area contributed by atoms with E-state index in [1.54, 1.807) is 12.1 Å². The molecule has 29 heavy (non-hydrogen) atoms. The summed E-state index contributed by atoms with van der Waals surface area (Å²) >= 11 is 0. The molecule has 6 nitrogen and oxygen atoms in total. The number of aromatic carboxylic acids is 1. The predicted molar refractivity (Wildman–Crippen MR) is 101 cm³/mol. The first-order valence-corrected chi connectivity index (χ1v) is 9.32. The van der Waals surface area contributed by atoms with E-state index in [0.717, 1.165) is 21.5 Å². The molecule has 3 aromatic rings. The molecule has 2 aromatic carbocycles. The van der Waals surface area contributed by atoms with Crippen molar-refractivity contribution < 1.29 is 23.5 Å². The fourth-order valence-electron chi connectivity index (χ4n) is 3.53. The Kier molecular flexibility index (Phi) is 5.00. The molecule has 4 rings (SSSR count). The summed E-state index contributed by atoms with van der Waals surface area (Å²) in [6, 6.07) is 15.3. The quantitative estimate of drug-likeness (QED) is 0.668. The van der Waals surface area contributed by atoms with Gasteiger partial charge in [0.05, 0.1) is 0 Å². The van der Waals surface area contributed by atoms with E-state index in [-0.39, 0.29) is 24.5 Å². The van der Waals surface area contributed by atoms with Crippen molar-refractivity contribution in [2.24, 2.45) is 0 Å². The topological polar surface area (TPSA) is 77.2 Å². The van der Waals surface area contributed by atoms with Crippen LogP contribution in [0.25, 0.3) is 11.1 Å². The lowest BCUT2D eigenvalue weighted by atomic mass is 9.82. The first kappa shape index (κ1) is 19.0. The molecular weight excluding hydrogens is 380 g/mol. The normalized spacial score (nSPS) is 16.5. The zero-order valence-electron chi connectivity index (χ0n) is 15.5. The average Bonchev–Trinajstić information content (AvgIpc) is 3.18. The monoisotopic (exact) mass is 399 g/mol. The maximum Gasteiger partial charge on any atom is 0.358 e. The Labute approximate surface area is 165 Å². The standard InChI is InChI=1S/C21H19F2N3O3/c22-21(23)11-9-17(10-12-21)15-3-1-14(2-4-15)16-5-7-18(8-6-16)29-26-13-19(20(27)28)24-25-26/h1-8,13,17H,9-12H2,(H,27,28). The second-order valence-electron chi connectivity index (χ2n) is 7.18. The number of carbonyl (C=O) groups is 1. The summed E-state index contributed by atoms with van der Waals surface area (Å²) in [4.78, 5) is 17.2. The number of aromatic nitrogens is 3. The van der Waals surface area contributed by atoms with E-state index < -0.39 is 11.9 Å². The van der Waals surface area contributed by atoms with Gasteiger partial charge in [-0.3, -0.25) is 0 Å². The van der Waals surface area contributed by atoms with Crippen LogP contribution in [0, 0.1) is 0 Å². The highest BCUT2D eigenvalue weighted by atomic mass is 19.3. The Bertz CT molecular complexity index is 991. The van der Waals surface area contributed by atoms with Crippen LogP contribution < -0.4 is 4.84 Å². The van der Waals surface area contributed by atoms with Crippen LogP contribution in [0.2, 0.25) is 0 Å². The smallest absolute Gasteiger partial charge is 0.358 e. The summed E-state index contributed by atoms with van der Waals surface area (Å²) in [5, 5.41) is 15.9. The van der Waals surface area contributed by atoms with Crippen LogP contribution in [0.4, 0.5) is 8.78 Å². The summed E-state index contributed by atoms with van der Waals surface area (Å²) < 4.78 is 26.7. The lowest BCUT2D eigenvalue weighted by Gasteiger charge is -2.28. The van der Waals surface area contributed by atoms with Gasteiger partial charge in [0.15, 0.2) is 11.4 Å². The first-order valence-electron chi connectivity index (χ1n) is 9.32. The minimum atomic E-state index is -2.51. The van der Waals surface area contributed by atoms with Crippen molar-refractivity contribution >= 4 is 5.97 Å². The van der Waals surface area contributed by atoms with Crippen LogP contribution in [-0.4, -0.2) is 32.2 Å². The van der Waals surface area contributed by atoms with Crippen molar-refractivity contribution in [3.63, 3.8) is 0 Å². The fourth-order valence-corrected chi connectivity index (χ4v) is 3.53. The number of nitrogens with zero attached hydrogens (tertiary/aromatic N) is 3. The lowest BCUT2D eigenvalue weighted by Crippen LogP contribution is -2.23. The van der Waals surface area contributed by atoms with Crippen LogP contribution in [0.15, 0.2) is 54.7 Å². The van der Waals surface area contributed by atoms with Gasteiger partial charge in [0.1, 0.15) is 6.20 Å². The maximum atomic E-state index is 13.3. The highest BCUT2D eigenvalue weighted by molar-refractivity contribution is 5.84. The number of rotatable bonds is 5. The SMILES string of the molecule is O=C(O)c1cn(Oc2ccc(-c3ccc(C4CCC(F)(F)CC4)cc3)cc2)nn1. The zero-order valence-corrected chi connectivity index (χ0v) is 15.5. The Morgan fingerprint density at radius 2 is 1.62 bits per heavy atom. The molecule has 1 fully saturated rings. The largest absolute Gasteiger partial charge is 0.476 e. The van der Waals surface area contributed by atoms with Crippen molar-refractivity contribution in [1.29, 1.82) is 0 Å². The highest BCUT2D eigenvalue weighted by Gasteiger charge is 2.35. The van der Waals surface area contributed by atoms with Crippen LogP contribution in [-0.2, 0) is 0 Å². The molecular formula is C21H19F2N3O3. The molecule has 1 aliphatic carbocycles. The molecule has 0 unspecified atom stereocenters. The number of benzene rings is 2. The van der Waals surface area contributed by atoms with Crippen molar-refractivity contribution in [1.82, 2.24) is 15.2 Å². The van der Waals surface area contributed by atoms with Gasteiger partial charge in [0.25, 0.3) is 0 Å². The summed E-state index contributed by atoms with van der Waals surface area (Å²) in [5.41, 5.74) is 2.88. The van der Waals surface area contributed by atoms with E-state index in [9.17, 15) is 13.6 Å². The second-order valence-corrected chi connectivity index (χ2v) is 7.18. The molecule has 0 bridgehead atoms. The number of halogens is 2. The van der Waals surface area contributed by atoms with E-state index in [0.29, 0.717) is 18.6 Å². The molecule has 1 aromatic heterocycles. The van der Waals surface area contributed by atoms with Crippen LogP contribution in [0.1, 0.15) is 47.7 Å². The molecule has 1 saturated carbocycles. The van der Waals surface area contributed by atoms with Crippen molar-refractivity contribution in [3.05, 3.63) is 66.0 Å². The van der Waals surface area contributed by atoms with Gasteiger partial charge >= 0.3 is 5.97 Å². The molecule has 150 valence electrons. The van der Waals surface area contributed by atoms with Crippen molar-refractivity contribution in [2.75, 3.05) is 0 Å². The van der Waals surface area contributed by atoms with Gasteiger partial charge in [-0.25, -0.2) is 13.6 Å². The minimum absolute atomic E-state index is 0.0411. The number of carboxylic acids is 1. The number of alkyl halides is 2. The van der Waals surface area contributed by atoms with Crippen LogP contribution in [0.5, 0.6) is 5.75 Å². The van der Waals surface area contributed by atoms with Gasteiger partial charge in [0, 0.05) is 12.8 Å².